The van der Waals surface area contributed by atoms with Crippen molar-refractivity contribution < 1.29 is 19.4 Å². The van der Waals surface area contributed by atoms with Crippen LogP contribution in [0.3, 0.4) is 0 Å². The van der Waals surface area contributed by atoms with E-state index in [9.17, 15) is 19.5 Å². The van der Waals surface area contributed by atoms with Crippen LogP contribution < -0.4 is 15.6 Å². The van der Waals surface area contributed by atoms with Gasteiger partial charge >= 0.3 is 5.97 Å². The molecule has 10 heteroatoms. The summed E-state index contributed by atoms with van der Waals surface area (Å²) in [6.07, 6.45) is 1.46. The number of benzene rings is 2. The topological polar surface area (TPSA) is 114 Å². The summed E-state index contributed by atoms with van der Waals surface area (Å²) in [7, 11) is 0. The molecule has 0 bridgehead atoms. The Balaban J connectivity index is 1.50. The fourth-order valence-corrected chi connectivity index (χ4v) is 4.58. The van der Waals surface area contributed by atoms with Gasteiger partial charge in [-0.3, -0.25) is 9.59 Å². The van der Waals surface area contributed by atoms with Crippen LogP contribution in [-0.2, 0) is 11.3 Å². The van der Waals surface area contributed by atoms with Crippen LogP contribution in [0, 0.1) is 0 Å². The number of carboxylic acids is 1. The number of aromatic nitrogens is 2. The second kappa shape index (κ2) is 10.4. The number of nitrogens with one attached hydrogen (secondary N) is 1. The van der Waals surface area contributed by atoms with Crippen molar-refractivity contribution in [2.24, 2.45) is 0 Å². The third-order valence-electron chi connectivity index (χ3n) is 6.22. The lowest BCUT2D eigenvalue weighted by atomic mass is 10.1. The lowest BCUT2D eigenvalue weighted by Gasteiger charge is -2.27. The maximum atomic E-state index is 13.4. The molecule has 1 fully saturated rings. The van der Waals surface area contributed by atoms with Gasteiger partial charge in [-0.25, -0.2) is 9.78 Å². The van der Waals surface area contributed by atoms with E-state index in [4.69, 9.17) is 16.3 Å². The molecule has 1 amide bonds. The van der Waals surface area contributed by atoms with E-state index in [1.807, 2.05) is 0 Å². The number of pyridine rings is 2. The lowest BCUT2D eigenvalue weighted by molar-refractivity contribution is 0.0685. The third-order valence-corrected chi connectivity index (χ3v) is 6.45. The number of para-hydroxylation sites is 1. The minimum atomic E-state index is -1.30. The highest BCUT2D eigenvalue weighted by atomic mass is 35.5. The highest BCUT2D eigenvalue weighted by Gasteiger charge is 2.24. The Morgan fingerprint density at radius 3 is 2.49 bits per heavy atom. The number of halogens is 1. The number of aromatic carboxylic acids is 1. The molecule has 188 valence electrons. The van der Waals surface area contributed by atoms with Crippen molar-refractivity contribution in [1.29, 1.82) is 0 Å². The van der Waals surface area contributed by atoms with E-state index in [0.717, 1.165) is 18.9 Å². The quantitative estimate of drug-likeness (QED) is 0.401. The van der Waals surface area contributed by atoms with Gasteiger partial charge in [0.15, 0.2) is 5.43 Å². The average Bonchev–Trinajstić information content (AvgIpc) is 2.93. The summed E-state index contributed by atoms with van der Waals surface area (Å²) in [5.41, 5.74) is 0.424. The first-order valence-corrected chi connectivity index (χ1v) is 12.0. The van der Waals surface area contributed by atoms with Gasteiger partial charge in [-0.1, -0.05) is 29.8 Å². The minimum Gasteiger partial charge on any atom is -0.477 e. The average molecular weight is 519 g/mol. The molecule has 37 heavy (non-hydrogen) atoms. The number of fused-ring (bicyclic) bond motifs is 1. The van der Waals surface area contributed by atoms with Gasteiger partial charge in [0.05, 0.1) is 29.9 Å². The molecule has 3 heterocycles. The molecule has 0 atom stereocenters. The molecule has 0 radical (unpaired) electrons. The molecule has 2 aromatic heterocycles. The number of rotatable bonds is 6. The number of nitrogens with zero attached hydrogens (tertiary/aromatic N) is 3. The molecule has 2 N–H and O–H groups in total. The summed E-state index contributed by atoms with van der Waals surface area (Å²) in [5.74, 6) is -1.03. The number of morpholine rings is 1. The Bertz CT molecular complexity index is 1530. The van der Waals surface area contributed by atoms with Gasteiger partial charge in [0.1, 0.15) is 11.5 Å². The van der Waals surface area contributed by atoms with E-state index < -0.39 is 17.3 Å². The van der Waals surface area contributed by atoms with Crippen LogP contribution in [-0.4, -0.2) is 52.8 Å². The van der Waals surface area contributed by atoms with E-state index in [1.54, 1.807) is 60.7 Å². The van der Waals surface area contributed by atoms with E-state index in [1.165, 1.54) is 10.8 Å². The fraction of sp³-hybridized carbons (Fsp3) is 0.185. The maximum absolute atomic E-state index is 13.4. The van der Waals surface area contributed by atoms with Crippen LogP contribution in [0.2, 0.25) is 5.02 Å². The number of anilines is 1. The van der Waals surface area contributed by atoms with Gasteiger partial charge in [-0.15, -0.1) is 0 Å². The monoisotopic (exact) mass is 518 g/mol. The molecule has 2 aromatic carbocycles. The van der Waals surface area contributed by atoms with Crippen LogP contribution in [0.15, 0.2) is 71.7 Å². The van der Waals surface area contributed by atoms with Crippen molar-refractivity contribution >= 4 is 40.2 Å². The molecule has 1 aliphatic heterocycles. The summed E-state index contributed by atoms with van der Waals surface area (Å²) < 4.78 is 6.83. The van der Waals surface area contributed by atoms with Gasteiger partial charge in [0, 0.05) is 41.9 Å². The van der Waals surface area contributed by atoms with Crippen molar-refractivity contribution in [3.8, 4) is 5.69 Å². The molecule has 1 saturated heterocycles. The van der Waals surface area contributed by atoms with E-state index in [0.29, 0.717) is 40.4 Å². The zero-order chi connectivity index (χ0) is 25.9. The van der Waals surface area contributed by atoms with Crippen molar-refractivity contribution in [3.63, 3.8) is 0 Å². The van der Waals surface area contributed by atoms with Crippen LogP contribution >= 0.6 is 11.6 Å². The number of carbonyl (C=O) groups excluding carboxylic acids is 1. The Morgan fingerprint density at radius 2 is 1.81 bits per heavy atom. The number of hydrogen-bond donors (Lipinski definition) is 2. The number of amides is 1. The highest BCUT2D eigenvalue weighted by Crippen LogP contribution is 2.25. The first-order chi connectivity index (χ1) is 17.9. The third kappa shape index (κ3) is 4.91. The molecule has 0 aliphatic carbocycles. The van der Waals surface area contributed by atoms with Gasteiger partial charge < -0.3 is 24.6 Å². The predicted molar refractivity (Wildman–Crippen MR) is 140 cm³/mol. The van der Waals surface area contributed by atoms with Gasteiger partial charge in [-0.2, -0.15) is 0 Å². The van der Waals surface area contributed by atoms with E-state index in [2.05, 4.69) is 15.2 Å². The molecule has 0 unspecified atom stereocenters. The minimum absolute atomic E-state index is 0.0441. The first-order valence-electron chi connectivity index (χ1n) is 11.7. The summed E-state index contributed by atoms with van der Waals surface area (Å²) >= 11 is 6.20. The Labute approximate surface area is 216 Å². The van der Waals surface area contributed by atoms with Crippen LogP contribution in [0.5, 0.6) is 0 Å². The Morgan fingerprint density at radius 1 is 1.05 bits per heavy atom. The van der Waals surface area contributed by atoms with Crippen molar-refractivity contribution in [3.05, 3.63) is 98.9 Å². The lowest BCUT2D eigenvalue weighted by Crippen LogP contribution is -2.36. The summed E-state index contributed by atoms with van der Waals surface area (Å²) in [6.45, 7) is 2.40. The van der Waals surface area contributed by atoms with Gasteiger partial charge in [-0.05, 0) is 42.5 Å². The van der Waals surface area contributed by atoms with Crippen molar-refractivity contribution in [2.45, 2.75) is 6.54 Å². The number of carbonyl (C=O) groups is 2. The largest absolute Gasteiger partial charge is 0.477 e. The summed E-state index contributed by atoms with van der Waals surface area (Å²) in [5, 5.41) is 13.5. The molecule has 9 nitrogen and oxygen atoms in total. The van der Waals surface area contributed by atoms with Gasteiger partial charge in [0.25, 0.3) is 5.91 Å². The number of carboxylic acid groups (broad SMARTS) is 1. The van der Waals surface area contributed by atoms with Gasteiger partial charge in [0.2, 0.25) is 0 Å². The van der Waals surface area contributed by atoms with E-state index in [-0.39, 0.29) is 17.8 Å². The molecule has 4 aromatic rings. The number of ether oxygens (including phenoxy) is 1. The van der Waals surface area contributed by atoms with Crippen molar-refractivity contribution in [2.75, 3.05) is 31.2 Å². The SMILES string of the molecule is O=C(NCc1c(C(=O)O)n(-c2ccccc2)c2cc(Cl)ccc2c1=O)c1ccc(N2CCOCC2)nc1. The molecule has 5 rings (SSSR count). The molecular formula is C27H23ClN4O5. The summed E-state index contributed by atoms with van der Waals surface area (Å²) in [4.78, 5) is 45.2. The maximum Gasteiger partial charge on any atom is 0.353 e. The molecule has 0 saturated carbocycles. The zero-order valence-corrected chi connectivity index (χ0v) is 20.4. The predicted octanol–water partition coefficient (Wildman–Crippen LogP) is 3.50. The smallest absolute Gasteiger partial charge is 0.353 e. The normalized spacial score (nSPS) is 13.5. The molecular weight excluding hydrogens is 496 g/mol. The second-order valence-electron chi connectivity index (χ2n) is 8.48. The van der Waals surface area contributed by atoms with Crippen molar-refractivity contribution in [1.82, 2.24) is 14.9 Å². The van der Waals surface area contributed by atoms with E-state index >= 15 is 0 Å². The number of hydrogen-bond acceptors (Lipinski definition) is 6. The standard InChI is InChI=1S/C27H23ClN4O5/c28-18-7-8-20-22(14-18)32(19-4-2-1-3-5-19)24(27(35)36)21(25(20)33)16-30-26(34)17-6-9-23(29-15-17)31-10-12-37-13-11-31/h1-9,14-15H,10-13,16H2,(H,30,34)(H,35,36). The Kier molecular flexibility index (Phi) is 6.89. The second-order valence-corrected chi connectivity index (χ2v) is 8.92. The Hall–Kier alpha value is -4.21. The summed E-state index contributed by atoms with van der Waals surface area (Å²) in [6, 6.07) is 16.9. The fourth-order valence-electron chi connectivity index (χ4n) is 4.41. The molecule has 1 aliphatic rings. The molecule has 0 spiro atoms. The van der Waals surface area contributed by atoms with Crippen LogP contribution in [0.25, 0.3) is 16.6 Å². The first kappa shape index (κ1) is 24.5. The highest BCUT2D eigenvalue weighted by molar-refractivity contribution is 6.31. The van der Waals surface area contributed by atoms with Crippen LogP contribution in [0.4, 0.5) is 5.82 Å². The van der Waals surface area contributed by atoms with Crippen LogP contribution in [0.1, 0.15) is 26.4 Å². The zero-order valence-electron chi connectivity index (χ0n) is 19.7.